The van der Waals surface area contributed by atoms with Crippen LogP contribution in [0.5, 0.6) is 0 Å². The predicted molar refractivity (Wildman–Crippen MR) is 72.0 cm³/mol. The monoisotopic (exact) mass is 240 g/mol. The van der Waals surface area contributed by atoms with E-state index in [-0.39, 0.29) is 11.4 Å². The first-order valence-electron chi connectivity index (χ1n) is 7.01. The molecular formula is C14H28N2O. The smallest absolute Gasteiger partial charge is 0.219 e. The molecule has 1 aliphatic rings. The fourth-order valence-electron chi connectivity index (χ4n) is 2.50. The zero-order valence-electron chi connectivity index (χ0n) is 11.9. The van der Waals surface area contributed by atoms with Crippen LogP contribution < -0.4 is 5.32 Å². The van der Waals surface area contributed by atoms with Crippen LogP contribution in [-0.4, -0.2) is 36.0 Å². The van der Waals surface area contributed by atoms with Gasteiger partial charge in [0, 0.05) is 25.0 Å². The van der Waals surface area contributed by atoms with Crippen LogP contribution in [-0.2, 0) is 4.79 Å². The molecule has 1 amide bonds. The summed E-state index contributed by atoms with van der Waals surface area (Å²) < 4.78 is 0. The minimum Gasteiger partial charge on any atom is -0.354 e. The van der Waals surface area contributed by atoms with Crippen LogP contribution in [0.15, 0.2) is 0 Å². The summed E-state index contributed by atoms with van der Waals surface area (Å²) in [7, 11) is 0. The molecule has 0 saturated carbocycles. The number of hydrogen-bond acceptors (Lipinski definition) is 2. The van der Waals surface area contributed by atoms with Crippen LogP contribution in [0.3, 0.4) is 0 Å². The highest BCUT2D eigenvalue weighted by Crippen LogP contribution is 2.25. The molecule has 17 heavy (non-hydrogen) atoms. The molecule has 3 heteroatoms. The molecule has 0 aliphatic carbocycles. The van der Waals surface area contributed by atoms with Gasteiger partial charge in [0.2, 0.25) is 5.91 Å². The van der Waals surface area contributed by atoms with Crippen LogP contribution >= 0.6 is 0 Å². The molecule has 0 bridgehead atoms. The number of carbonyl (C=O) groups is 1. The molecule has 1 N–H and O–H groups in total. The number of hydrogen-bond donors (Lipinski definition) is 1. The Morgan fingerprint density at radius 1 is 1.41 bits per heavy atom. The average Bonchev–Trinajstić information content (AvgIpc) is 2.36. The van der Waals surface area contributed by atoms with E-state index < -0.39 is 0 Å². The predicted octanol–water partition coefficient (Wildman–Crippen LogP) is 2.41. The standard InChI is InChI=1S/C14H28N2O/c1-5-12-8-7-9-16(10-12)14(3,4)11-15-13(17)6-2/h12H,5-11H2,1-4H3,(H,15,17). The lowest BCUT2D eigenvalue weighted by Gasteiger charge is -2.43. The molecule has 3 nitrogen and oxygen atoms in total. The van der Waals surface area contributed by atoms with E-state index in [4.69, 9.17) is 0 Å². The molecule has 0 radical (unpaired) electrons. The minimum atomic E-state index is 0.0820. The molecule has 100 valence electrons. The van der Waals surface area contributed by atoms with Crippen molar-refractivity contribution in [1.29, 1.82) is 0 Å². The normalized spacial score (nSPS) is 22.5. The van der Waals surface area contributed by atoms with Crippen molar-refractivity contribution in [2.24, 2.45) is 5.92 Å². The quantitative estimate of drug-likeness (QED) is 0.800. The number of carbonyl (C=O) groups excluding carboxylic acids is 1. The number of piperidine rings is 1. The zero-order valence-corrected chi connectivity index (χ0v) is 11.9. The highest BCUT2D eigenvalue weighted by atomic mass is 16.1. The Hall–Kier alpha value is -0.570. The topological polar surface area (TPSA) is 32.3 Å². The van der Waals surface area contributed by atoms with Crippen molar-refractivity contribution in [3.05, 3.63) is 0 Å². The number of rotatable bonds is 5. The van der Waals surface area contributed by atoms with Crippen molar-refractivity contribution in [2.75, 3.05) is 19.6 Å². The largest absolute Gasteiger partial charge is 0.354 e. The van der Waals surface area contributed by atoms with E-state index in [1.54, 1.807) is 0 Å². The second-order valence-electron chi connectivity index (χ2n) is 5.81. The molecule has 1 heterocycles. The highest BCUT2D eigenvalue weighted by Gasteiger charge is 2.30. The van der Waals surface area contributed by atoms with Gasteiger partial charge in [-0.1, -0.05) is 20.3 Å². The Labute approximate surface area is 106 Å². The Bertz CT molecular complexity index is 251. The third-order valence-electron chi connectivity index (χ3n) is 3.99. The Morgan fingerprint density at radius 3 is 2.71 bits per heavy atom. The third kappa shape index (κ3) is 4.30. The summed E-state index contributed by atoms with van der Waals surface area (Å²) in [5.41, 5.74) is 0.0820. The first-order chi connectivity index (χ1) is 7.99. The first-order valence-corrected chi connectivity index (χ1v) is 7.01. The van der Waals surface area contributed by atoms with Gasteiger partial charge in [0.05, 0.1) is 0 Å². The van der Waals surface area contributed by atoms with Gasteiger partial charge in [0.15, 0.2) is 0 Å². The lowest BCUT2D eigenvalue weighted by molar-refractivity contribution is -0.121. The molecule has 0 spiro atoms. The lowest BCUT2D eigenvalue weighted by Crippen LogP contribution is -2.54. The molecule has 1 fully saturated rings. The number of likely N-dealkylation sites (tertiary alicyclic amines) is 1. The fraction of sp³-hybridized carbons (Fsp3) is 0.929. The fourth-order valence-corrected chi connectivity index (χ4v) is 2.50. The molecule has 1 atom stereocenters. The summed E-state index contributed by atoms with van der Waals surface area (Å²) in [6.07, 6.45) is 4.51. The number of nitrogens with one attached hydrogen (secondary N) is 1. The van der Waals surface area contributed by atoms with Gasteiger partial charge in [-0.05, 0) is 39.2 Å². The molecule has 0 aromatic rings. The maximum Gasteiger partial charge on any atom is 0.219 e. The van der Waals surface area contributed by atoms with E-state index in [1.165, 1.54) is 32.4 Å². The van der Waals surface area contributed by atoms with Crippen LogP contribution in [0.25, 0.3) is 0 Å². The second-order valence-corrected chi connectivity index (χ2v) is 5.81. The van der Waals surface area contributed by atoms with E-state index in [2.05, 4.69) is 31.0 Å². The van der Waals surface area contributed by atoms with Gasteiger partial charge < -0.3 is 5.32 Å². The second kappa shape index (κ2) is 6.39. The Balaban J connectivity index is 2.47. The average molecular weight is 240 g/mol. The van der Waals surface area contributed by atoms with Crippen LogP contribution in [0.4, 0.5) is 0 Å². The summed E-state index contributed by atoms with van der Waals surface area (Å²) in [6, 6.07) is 0. The van der Waals surface area contributed by atoms with E-state index in [0.29, 0.717) is 6.42 Å². The van der Waals surface area contributed by atoms with Gasteiger partial charge in [-0.3, -0.25) is 9.69 Å². The zero-order chi connectivity index (χ0) is 12.9. The SMILES string of the molecule is CCC(=O)NCC(C)(C)N1CCCC(CC)C1. The molecule has 1 aliphatic heterocycles. The van der Waals surface area contributed by atoms with Gasteiger partial charge in [-0.15, -0.1) is 0 Å². The molecule has 1 saturated heterocycles. The molecular weight excluding hydrogens is 212 g/mol. The van der Waals surface area contributed by atoms with Crippen molar-refractivity contribution in [3.8, 4) is 0 Å². The molecule has 0 aromatic carbocycles. The maximum absolute atomic E-state index is 11.3. The minimum absolute atomic E-state index is 0.0820. The van der Waals surface area contributed by atoms with Crippen molar-refractivity contribution in [1.82, 2.24) is 10.2 Å². The first kappa shape index (κ1) is 14.5. The summed E-state index contributed by atoms with van der Waals surface area (Å²) in [5, 5.41) is 3.02. The summed E-state index contributed by atoms with van der Waals surface area (Å²) >= 11 is 0. The van der Waals surface area contributed by atoms with E-state index in [0.717, 1.165) is 12.5 Å². The van der Waals surface area contributed by atoms with Crippen LogP contribution in [0, 0.1) is 5.92 Å². The van der Waals surface area contributed by atoms with Crippen molar-refractivity contribution >= 4 is 5.91 Å². The molecule has 1 unspecified atom stereocenters. The van der Waals surface area contributed by atoms with E-state index >= 15 is 0 Å². The van der Waals surface area contributed by atoms with Crippen molar-refractivity contribution in [3.63, 3.8) is 0 Å². The molecule has 0 aromatic heterocycles. The highest BCUT2D eigenvalue weighted by molar-refractivity contribution is 5.75. The van der Waals surface area contributed by atoms with Gasteiger partial charge in [0.25, 0.3) is 0 Å². The lowest BCUT2D eigenvalue weighted by atomic mass is 9.91. The number of nitrogens with zero attached hydrogens (tertiary/aromatic N) is 1. The van der Waals surface area contributed by atoms with Crippen molar-refractivity contribution < 1.29 is 4.79 Å². The van der Waals surface area contributed by atoms with Gasteiger partial charge in [0.1, 0.15) is 0 Å². The van der Waals surface area contributed by atoms with Crippen molar-refractivity contribution in [2.45, 2.75) is 58.9 Å². The summed E-state index contributed by atoms with van der Waals surface area (Å²) in [4.78, 5) is 13.9. The molecule has 1 rings (SSSR count). The van der Waals surface area contributed by atoms with Crippen LogP contribution in [0.1, 0.15) is 53.4 Å². The summed E-state index contributed by atoms with van der Waals surface area (Å²) in [6.45, 7) is 11.8. The van der Waals surface area contributed by atoms with Gasteiger partial charge in [-0.25, -0.2) is 0 Å². The van der Waals surface area contributed by atoms with Gasteiger partial charge in [-0.2, -0.15) is 0 Å². The van der Waals surface area contributed by atoms with Gasteiger partial charge >= 0.3 is 0 Å². The van der Waals surface area contributed by atoms with Crippen LogP contribution in [0.2, 0.25) is 0 Å². The number of amides is 1. The Morgan fingerprint density at radius 2 is 2.12 bits per heavy atom. The third-order valence-corrected chi connectivity index (χ3v) is 3.99. The van der Waals surface area contributed by atoms with E-state index in [1.807, 2.05) is 6.92 Å². The summed E-state index contributed by atoms with van der Waals surface area (Å²) in [5.74, 6) is 0.993. The maximum atomic E-state index is 11.3. The van der Waals surface area contributed by atoms with E-state index in [9.17, 15) is 4.79 Å². The Kier molecular flexibility index (Phi) is 5.44.